The van der Waals surface area contributed by atoms with Gasteiger partial charge in [0.05, 0.1) is 19.8 Å². The van der Waals surface area contributed by atoms with Crippen LogP contribution in [0.25, 0.3) is 11.5 Å². The summed E-state index contributed by atoms with van der Waals surface area (Å²) in [5, 5.41) is 8.06. The van der Waals surface area contributed by atoms with Gasteiger partial charge in [-0.2, -0.15) is 16.3 Å². The van der Waals surface area contributed by atoms with E-state index in [0.29, 0.717) is 41.9 Å². The van der Waals surface area contributed by atoms with E-state index in [2.05, 4.69) is 10.1 Å². The molecule has 3 aromatic rings. The van der Waals surface area contributed by atoms with E-state index in [1.165, 1.54) is 0 Å². The third-order valence-corrected chi connectivity index (χ3v) is 5.36. The van der Waals surface area contributed by atoms with E-state index in [4.69, 9.17) is 14.0 Å². The van der Waals surface area contributed by atoms with Crippen molar-refractivity contribution in [2.75, 3.05) is 27.3 Å². The minimum Gasteiger partial charge on any atom is -0.493 e. The van der Waals surface area contributed by atoms with Crippen LogP contribution in [0, 0.1) is 0 Å². The number of aromatic nitrogens is 2. The molecule has 8 heteroatoms. The standard InChI is InChI=1S/C19H19N3O4S/c1-24-15-4-3-12(9-16(15)25-2)19(23)22-7-5-13(10-22)17-20-18(26-21-17)14-6-8-27-11-14/h3-4,6,8-9,11,13H,5,7,10H2,1-2H3/t13-/m1/s1. The van der Waals surface area contributed by atoms with Crippen molar-refractivity contribution in [2.45, 2.75) is 12.3 Å². The molecule has 0 saturated carbocycles. The molecule has 0 radical (unpaired) electrons. The lowest BCUT2D eigenvalue weighted by Crippen LogP contribution is -2.28. The number of ether oxygens (including phenoxy) is 2. The van der Waals surface area contributed by atoms with Gasteiger partial charge in [-0.3, -0.25) is 4.79 Å². The largest absolute Gasteiger partial charge is 0.493 e. The van der Waals surface area contributed by atoms with Crippen LogP contribution < -0.4 is 9.47 Å². The molecule has 3 heterocycles. The molecule has 140 valence electrons. The number of carbonyl (C=O) groups excluding carboxylic acids is 1. The number of methoxy groups -OCH3 is 2. The van der Waals surface area contributed by atoms with Crippen LogP contribution in [0.5, 0.6) is 11.5 Å². The quantitative estimate of drug-likeness (QED) is 0.669. The number of thiophene rings is 1. The van der Waals surface area contributed by atoms with Gasteiger partial charge in [0.1, 0.15) is 0 Å². The van der Waals surface area contributed by atoms with Gasteiger partial charge in [-0.05, 0) is 36.1 Å². The predicted octanol–water partition coefficient (Wildman–Crippen LogP) is 3.45. The van der Waals surface area contributed by atoms with Gasteiger partial charge < -0.3 is 18.9 Å². The van der Waals surface area contributed by atoms with Gasteiger partial charge in [-0.15, -0.1) is 0 Å². The summed E-state index contributed by atoms with van der Waals surface area (Å²) < 4.78 is 15.9. The summed E-state index contributed by atoms with van der Waals surface area (Å²) in [7, 11) is 3.12. The fourth-order valence-electron chi connectivity index (χ4n) is 3.21. The number of carbonyl (C=O) groups is 1. The first kappa shape index (κ1) is 17.5. The molecule has 1 aromatic carbocycles. The van der Waals surface area contributed by atoms with Crippen LogP contribution >= 0.6 is 11.3 Å². The highest BCUT2D eigenvalue weighted by molar-refractivity contribution is 7.08. The predicted molar refractivity (Wildman–Crippen MR) is 100 cm³/mol. The van der Waals surface area contributed by atoms with Gasteiger partial charge in [0.25, 0.3) is 11.8 Å². The van der Waals surface area contributed by atoms with Crippen LogP contribution in [0.1, 0.15) is 28.5 Å². The zero-order chi connectivity index (χ0) is 18.8. The third-order valence-electron chi connectivity index (χ3n) is 4.68. The lowest BCUT2D eigenvalue weighted by molar-refractivity contribution is 0.0790. The number of amides is 1. The third kappa shape index (κ3) is 3.40. The van der Waals surface area contributed by atoms with E-state index in [0.717, 1.165) is 12.0 Å². The molecule has 0 N–H and O–H groups in total. The van der Waals surface area contributed by atoms with Crippen LogP contribution in [-0.2, 0) is 0 Å². The number of hydrogen-bond acceptors (Lipinski definition) is 7. The lowest BCUT2D eigenvalue weighted by atomic mass is 10.1. The SMILES string of the molecule is COc1ccc(C(=O)N2CC[C@@H](c3noc(-c4ccsc4)n3)C2)cc1OC. The van der Waals surface area contributed by atoms with Gasteiger partial charge in [-0.1, -0.05) is 5.16 Å². The summed E-state index contributed by atoms with van der Waals surface area (Å²) in [5.41, 5.74) is 1.50. The van der Waals surface area contributed by atoms with Gasteiger partial charge in [0.15, 0.2) is 17.3 Å². The summed E-state index contributed by atoms with van der Waals surface area (Å²) >= 11 is 1.58. The fraction of sp³-hybridized carbons (Fsp3) is 0.316. The van der Waals surface area contributed by atoms with Crippen molar-refractivity contribution in [1.82, 2.24) is 15.0 Å². The molecule has 7 nitrogen and oxygen atoms in total. The van der Waals surface area contributed by atoms with E-state index in [1.54, 1.807) is 43.8 Å². The first-order chi connectivity index (χ1) is 13.2. The second-order valence-corrected chi connectivity index (χ2v) is 7.06. The Kier molecular flexibility index (Phi) is 4.81. The Labute approximate surface area is 160 Å². The average Bonchev–Trinajstić information content (AvgIpc) is 3.46. The van der Waals surface area contributed by atoms with Crippen molar-refractivity contribution in [1.29, 1.82) is 0 Å². The maximum atomic E-state index is 12.9. The zero-order valence-electron chi connectivity index (χ0n) is 15.0. The van der Waals surface area contributed by atoms with Gasteiger partial charge in [0.2, 0.25) is 0 Å². The van der Waals surface area contributed by atoms with E-state index in [1.807, 2.05) is 21.7 Å². The van der Waals surface area contributed by atoms with Crippen LogP contribution in [0.3, 0.4) is 0 Å². The highest BCUT2D eigenvalue weighted by Crippen LogP contribution is 2.31. The van der Waals surface area contributed by atoms with Crippen molar-refractivity contribution < 1.29 is 18.8 Å². The van der Waals surface area contributed by atoms with Crippen LogP contribution in [0.15, 0.2) is 39.5 Å². The molecule has 0 spiro atoms. The van der Waals surface area contributed by atoms with Crippen molar-refractivity contribution in [2.24, 2.45) is 0 Å². The minimum atomic E-state index is -0.0417. The van der Waals surface area contributed by atoms with Crippen LogP contribution in [0.4, 0.5) is 0 Å². The van der Waals surface area contributed by atoms with Gasteiger partial charge in [0, 0.05) is 30.0 Å². The number of rotatable bonds is 5. The molecule has 1 saturated heterocycles. The van der Waals surface area contributed by atoms with Crippen molar-refractivity contribution in [3.63, 3.8) is 0 Å². The average molecular weight is 385 g/mol. The Hall–Kier alpha value is -2.87. The molecular formula is C19H19N3O4S. The molecule has 1 aliphatic heterocycles. The number of likely N-dealkylation sites (tertiary alicyclic amines) is 1. The Bertz CT molecular complexity index is 938. The highest BCUT2D eigenvalue weighted by Gasteiger charge is 2.31. The first-order valence-electron chi connectivity index (χ1n) is 8.57. The Morgan fingerprint density at radius 1 is 1.26 bits per heavy atom. The van der Waals surface area contributed by atoms with Crippen LogP contribution in [-0.4, -0.2) is 48.3 Å². The second kappa shape index (κ2) is 7.40. The molecule has 1 amide bonds. The molecular weight excluding hydrogens is 366 g/mol. The zero-order valence-corrected chi connectivity index (χ0v) is 15.9. The summed E-state index contributed by atoms with van der Waals surface area (Å²) in [6.07, 6.45) is 0.807. The maximum Gasteiger partial charge on any atom is 0.258 e. The second-order valence-electron chi connectivity index (χ2n) is 6.28. The summed E-state index contributed by atoms with van der Waals surface area (Å²) in [4.78, 5) is 19.2. The Balaban J connectivity index is 1.47. The normalized spacial score (nSPS) is 16.5. The number of hydrogen-bond donors (Lipinski definition) is 0. The number of nitrogens with zero attached hydrogens (tertiary/aromatic N) is 3. The van der Waals surface area contributed by atoms with E-state index in [-0.39, 0.29) is 11.8 Å². The van der Waals surface area contributed by atoms with Gasteiger partial charge in [-0.25, -0.2) is 0 Å². The molecule has 0 bridgehead atoms. The molecule has 1 fully saturated rings. The maximum absolute atomic E-state index is 12.9. The van der Waals surface area contributed by atoms with Crippen molar-refractivity contribution >= 4 is 17.2 Å². The molecule has 27 heavy (non-hydrogen) atoms. The van der Waals surface area contributed by atoms with E-state index < -0.39 is 0 Å². The topological polar surface area (TPSA) is 77.7 Å². The summed E-state index contributed by atoms with van der Waals surface area (Å²) in [6.45, 7) is 1.22. The van der Waals surface area contributed by atoms with Crippen LogP contribution in [0.2, 0.25) is 0 Å². The van der Waals surface area contributed by atoms with Crippen molar-refractivity contribution in [3.8, 4) is 23.0 Å². The molecule has 0 unspecified atom stereocenters. The summed E-state index contributed by atoms with van der Waals surface area (Å²) in [5.74, 6) is 2.35. The molecule has 2 aromatic heterocycles. The highest BCUT2D eigenvalue weighted by atomic mass is 32.1. The molecule has 4 rings (SSSR count). The summed E-state index contributed by atoms with van der Waals surface area (Å²) in [6, 6.07) is 7.15. The van der Waals surface area contributed by atoms with Crippen molar-refractivity contribution in [3.05, 3.63) is 46.4 Å². The van der Waals surface area contributed by atoms with Gasteiger partial charge >= 0.3 is 0 Å². The lowest BCUT2D eigenvalue weighted by Gasteiger charge is -2.17. The number of benzene rings is 1. The Morgan fingerprint density at radius 3 is 2.85 bits per heavy atom. The fourth-order valence-corrected chi connectivity index (χ4v) is 3.84. The minimum absolute atomic E-state index is 0.0417. The molecule has 1 atom stereocenters. The van der Waals surface area contributed by atoms with E-state index >= 15 is 0 Å². The smallest absolute Gasteiger partial charge is 0.258 e. The Morgan fingerprint density at radius 2 is 2.11 bits per heavy atom. The molecule has 1 aliphatic rings. The monoisotopic (exact) mass is 385 g/mol. The first-order valence-corrected chi connectivity index (χ1v) is 9.51. The van der Waals surface area contributed by atoms with E-state index in [9.17, 15) is 4.79 Å². The molecule has 0 aliphatic carbocycles.